The van der Waals surface area contributed by atoms with Gasteiger partial charge in [0.05, 0.1) is 11.3 Å². The van der Waals surface area contributed by atoms with Crippen LogP contribution in [0.4, 0.5) is 19.1 Å². The first kappa shape index (κ1) is 15.2. The molecular formula is C14H15F3N4. The van der Waals surface area contributed by atoms with Gasteiger partial charge >= 0.3 is 6.18 Å². The second kappa shape index (κ2) is 6.09. The van der Waals surface area contributed by atoms with E-state index in [-0.39, 0.29) is 11.3 Å². The zero-order valence-corrected chi connectivity index (χ0v) is 11.4. The molecule has 0 aliphatic carbocycles. The van der Waals surface area contributed by atoms with Crippen LogP contribution in [-0.2, 0) is 6.18 Å². The van der Waals surface area contributed by atoms with Gasteiger partial charge < -0.3 is 10.6 Å². The van der Waals surface area contributed by atoms with Gasteiger partial charge in [-0.3, -0.25) is 0 Å². The Balaban J connectivity index is 2.46. The molecule has 2 N–H and O–H groups in total. The van der Waals surface area contributed by atoms with Gasteiger partial charge in [0.1, 0.15) is 0 Å². The molecule has 2 rings (SSSR count). The number of aromatic nitrogens is 2. The summed E-state index contributed by atoms with van der Waals surface area (Å²) in [5, 5.41) is 0. The number of hydrogen-bond acceptors (Lipinski definition) is 4. The van der Waals surface area contributed by atoms with E-state index in [0.29, 0.717) is 19.0 Å². The van der Waals surface area contributed by atoms with Gasteiger partial charge in [-0.15, -0.1) is 0 Å². The molecule has 7 heteroatoms. The maximum atomic E-state index is 13.0. The van der Waals surface area contributed by atoms with Crippen molar-refractivity contribution in [3.63, 3.8) is 0 Å². The molecule has 0 saturated heterocycles. The molecule has 1 aromatic heterocycles. The van der Waals surface area contributed by atoms with E-state index >= 15 is 0 Å². The Morgan fingerprint density at radius 1 is 1.19 bits per heavy atom. The predicted octanol–water partition coefficient (Wildman–Crippen LogP) is 2.56. The highest BCUT2D eigenvalue weighted by molar-refractivity contribution is 5.65. The SMILES string of the molecule is CN(CCN)c1nccc(-c2ccccc2C(F)(F)F)n1. The molecule has 0 aliphatic rings. The second-order valence-electron chi connectivity index (χ2n) is 4.50. The van der Waals surface area contributed by atoms with Crippen molar-refractivity contribution in [3.05, 3.63) is 42.1 Å². The Kier molecular flexibility index (Phi) is 4.42. The normalized spacial score (nSPS) is 11.5. The minimum absolute atomic E-state index is 0.0369. The van der Waals surface area contributed by atoms with Crippen molar-refractivity contribution in [1.82, 2.24) is 9.97 Å². The maximum absolute atomic E-state index is 13.0. The van der Waals surface area contributed by atoms with Crippen LogP contribution in [0.1, 0.15) is 5.56 Å². The summed E-state index contributed by atoms with van der Waals surface area (Å²) >= 11 is 0. The number of nitrogens with two attached hydrogens (primary N) is 1. The average molecular weight is 296 g/mol. The van der Waals surface area contributed by atoms with Gasteiger partial charge in [0, 0.05) is 31.9 Å². The Morgan fingerprint density at radius 3 is 2.57 bits per heavy atom. The third kappa shape index (κ3) is 3.49. The first-order valence-electron chi connectivity index (χ1n) is 6.34. The van der Waals surface area contributed by atoms with E-state index < -0.39 is 11.7 Å². The number of rotatable bonds is 4. The standard InChI is InChI=1S/C14H15F3N4/c1-21(9-7-18)13-19-8-6-12(20-13)10-4-2-3-5-11(10)14(15,16)17/h2-6,8H,7,9,18H2,1H3. The van der Waals surface area contributed by atoms with E-state index in [9.17, 15) is 13.2 Å². The van der Waals surface area contributed by atoms with Crippen molar-refractivity contribution in [2.24, 2.45) is 5.73 Å². The molecule has 2 aromatic rings. The molecule has 0 saturated carbocycles. The highest BCUT2D eigenvalue weighted by atomic mass is 19.4. The summed E-state index contributed by atoms with van der Waals surface area (Å²) in [4.78, 5) is 9.94. The molecule has 1 heterocycles. The Bertz CT molecular complexity index is 613. The van der Waals surface area contributed by atoms with Gasteiger partial charge in [-0.1, -0.05) is 18.2 Å². The van der Waals surface area contributed by atoms with Crippen LogP contribution < -0.4 is 10.6 Å². The molecule has 4 nitrogen and oxygen atoms in total. The van der Waals surface area contributed by atoms with Crippen LogP contribution in [0.2, 0.25) is 0 Å². The maximum Gasteiger partial charge on any atom is 0.417 e. The van der Waals surface area contributed by atoms with Gasteiger partial charge in [-0.25, -0.2) is 9.97 Å². The molecule has 0 aliphatic heterocycles. The fourth-order valence-electron chi connectivity index (χ4n) is 1.93. The molecule has 1 aromatic carbocycles. The number of alkyl halides is 3. The summed E-state index contributed by atoms with van der Waals surface area (Å²) in [7, 11) is 1.74. The van der Waals surface area contributed by atoms with E-state index in [2.05, 4.69) is 9.97 Å². The topological polar surface area (TPSA) is 55.0 Å². The van der Waals surface area contributed by atoms with E-state index in [1.54, 1.807) is 18.0 Å². The number of anilines is 1. The summed E-state index contributed by atoms with van der Waals surface area (Å²) in [6, 6.07) is 6.81. The third-order valence-electron chi connectivity index (χ3n) is 2.96. The second-order valence-corrected chi connectivity index (χ2v) is 4.50. The highest BCUT2D eigenvalue weighted by Gasteiger charge is 2.33. The summed E-state index contributed by atoms with van der Waals surface area (Å²) in [6.45, 7) is 0.924. The van der Waals surface area contributed by atoms with Crippen LogP contribution >= 0.6 is 0 Å². The number of benzene rings is 1. The Hall–Kier alpha value is -2.15. The molecule has 0 atom stereocenters. The van der Waals surface area contributed by atoms with Gasteiger partial charge in [-0.2, -0.15) is 13.2 Å². The molecule has 112 valence electrons. The molecule has 0 unspecified atom stereocenters. The minimum atomic E-state index is -4.43. The first-order valence-corrected chi connectivity index (χ1v) is 6.34. The molecular weight excluding hydrogens is 281 g/mol. The lowest BCUT2D eigenvalue weighted by atomic mass is 10.0. The molecule has 0 amide bonds. The Labute approximate surface area is 120 Å². The fraction of sp³-hybridized carbons (Fsp3) is 0.286. The van der Waals surface area contributed by atoms with Crippen LogP contribution in [0, 0.1) is 0 Å². The van der Waals surface area contributed by atoms with Crippen LogP contribution in [0.5, 0.6) is 0 Å². The van der Waals surface area contributed by atoms with Gasteiger partial charge in [-0.05, 0) is 12.1 Å². The van der Waals surface area contributed by atoms with Crippen molar-refractivity contribution >= 4 is 5.95 Å². The van der Waals surface area contributed by atoms with Crippen molar-refractivity contribution in [1.29, 1.82) is 0 Å². The summed E-state index contributed by atoms with van der Waals surface area (Å²) in [5.74, 6) is 0.343. The number of likely N-dealkylation sites (N-methyl/N-ethyl adjacent to an activating group) is 1. The van der Waals surface area contributed by atoms with Crippen LogP contribution in [-0.4, -0.2) is 30.1 Å². The fourth-order valence-corrected chi connectivity index (χ4v) is 1.93. The molecule has 0 bridgehead atoms. The molecule has 0 spiro atoms. The van der Waals surface area contributed by atoms with Gasteiger partial charge in [0.2, 0.25) is 5.95 Å². The van der Waals surface area contributed by atoms with Gasteiger partial charge in [0.15, 0.2) is 0 Å². The number of nitrogens with zero attached hydrogens (tertiary/aromatic N) is 3. The minimum Gasteiger partial charge on any atom is -0.343 e. The van der Waals surface area contributed by atoms with Crippen molar-refractivity contribution in [2.75, 3.05) is 25.0 Å². The van der Waals surface area contributed by atoms with E-state index in [1.165, 1.54) is 24.4 Å². The van der Waals surface area contributed by atoms with Crippen LogP contribution in [0.3, 0.4) is 0 Å². The zero-order valence-electron chi connectivity index (χ0n) is 11.4. The van der Waals surface area contributed by atoms with Crippen molar-refractivity contribution < 1.29 is 13.2 Å². The highest BCUT2D eigenvalue weighted by Crippen LogP contribution is 2.36. The lowest BCUT2D eigenvalue weighted by Crippen LogP contribution is -2.26. The van der Waals surface area contributed by atoms with Crippen molar-refractivity contribution in [2.45, 2.75) is 6.18 Å². The summed E-state index contributed by atoms with van der Waals surface area (Å²) < 4.78 is 39.1. The Morgan fingerprint density at radius 2 is 1.90 bits per heavy atom. The van der Waals surface area contributed by atoms with Crippen LogP contribution in [0.15, 0.2) is 36.5 Å². The van der Waals surface area contributed by atoms with E-state index in [4.69, 9.17) is 5.73 Å². The lowest BCUT2D eigenvalue weighted by molar-refractivity contribution is -0.137. The molecule has 0 fully saturated rings. The summed E-state index contributed by atoms with van der Waals surface area (Å²) in [6.07, 6.45) is -2.98. The summed E-state index contributed by atoms with van der Waals surface area (Å²) in [5.41, 5.74) is 5.01. The molecule has 0 radical (unpaired) electrons. The van der Waals surface area contributed by atoms with E-state index in [1.807, 2.05) is 0 Å². The first-order chi connectivity index (χ1) is 9.93. The predicted molar refractivity (Wildman–Crippen MR) is 74.8 cm³/mol. The number of halogens is 3. The molecule has 21 heavy (non-hydrogen) atoms. The zero-order chi connectivity index (χ0) is 15.5. The quantitative estimate of drug-likeness (QED) is 0.942. The third-order valence-corrected chi connectivity index (χ3v) is 2.96. The average Bonchev–Trinajstić information content (AvgIpc) is 2.47. The van der Waals surface area contributed by atoms with Crippen LogP contribution in [0.25, 0.3) is 11.3 Å². The van der Waals surface area contributed by atoms with E-state index in [0.717, 1.165) is 6.07 Å². The lowest BCUT2D eigenvalue weighted by Gasteiger charge is -2.17. The smallest absolute Gasteiger partial charge is 0.343 e. The van der Waals surface area contributed by atoms with Crippen molar-refractivity contribution in [3.8, 4) is 11.3 Å². The van der Waals surface area contributed by atoms with Gasteiger partial charge in [0.25, 0.3) is 0 Å². The monoisotopic (exact) mass is 296 g/mol. The number of hydrogen-bond donors (Lipinski definition) is 1. The largest absolute Gasteiger partial charge is 0.417 e.